The van der Waals surface area contributed by atoms with Crippen LogP contribution in [0.3, 0.4) is 0 Å². The first kappa shape index (κ1) is 22.7. The molecular weight excluding hydrogens is 425 g/mol. The Morgan fingerprint density at radius 1 is 1.09 bits per heavy atom. The maximum atomic E-state index is 15.0. The van der Waals surface area contributed by atoms with Gasteiger partial charge < -0.3 is 15.1 Å². The molecular formula is C24H28FN5O3. The molecule has 0 aliphatic carbocycles. The van der Waals surface area contributed by atoms with Crippen molar-refractivity contribution >= 4 is 23.7 Å². The highest BCUT2D eigenvalue weighted by Gasteiger charge is 2.47. The van der Waals surface area contributed by atoms with Gasteiger partial charge in [0, 0.05) is 43.0 Å². The van der Waals surface area contributed by atoms with Gasteiger partial charge in [0.2, 0.25) is 0 Å². The second-order valence-electron chi connectivity index (χ2n) is 8.67. The number of halogens is 1. The largest absolute Gasteiger partial charge is 0.353 e. The number of nitrogens with zero attached hydrogens (tertiary/aromatic N) is 3. The Morgan fingerprint density at radius 2 is 1.79 bits per heavy atom. The molecule has 0 bridgehead atoms. The number of carbonyl (C=O) groups excluding carboxylic acids is 3. The van der Waals surface area contributed by atoms with Crippen molar-refractivity contribution in [2.24, 2.45) is 0 Å². The zero-order valence-electron chi connectivity index (χ0n) is 19.3. The predicted octanol–water partition coefficient (Wildman–Crippen LogP) is 2.55. The normalized spacial score (nSPS) is 20.6. The van der Waals surface area contributed by atoms with Crippen LogP contribution in [0.15, 0.2) is 24.3 Å². The third kappa shape index (κ3) is 3.92. The number of rotatable bonds is 4. The minimum Gasteiger partial charge on any atom is -0.353 e. The molecule has 0 saturated carbocycles. The topological polar surface area (TPSA) is 94.6 Å². The third-order valence-electron chi connectivity index (χ3n) is 6.64. The van der Waals surface area contributed by atoms with E-state index in [1.54, 1.807) is 11.8 Å². The Morgan fingerprint density at radius 3 is 2.36 bits per heavy atom. The minimum absolute atomic E-state index is 0.0472. The molecule has 33 heavy (non-hydrogen) atoms. The summed E-state index contributed by atoms with van der Waals surface area (Å²) in [4.78, 5) is 45.6. The van der Waals surface area contributed by atoms with E-state index in [0.717, 1.165) is 28.7 Å². The SMILES string of the molecule is CCC1(c2ccc(C(=O)N3CCN(c4nc(C)c(C)cc4C)CC3)cc2F)NC(=O)NC1=O. The lowest BCUT2D eigenvalue weighted by Gasteiger charge is -2.36. The summed E-state index contributed by atoms with van der Waals surface area (Å²) in [6, 6.07) is 5.53. The van der Waals surface area contributed by atoms with Crippen LogP contribution in [-0.2, 0) is 10.3 Å². The van der Waals surface area contributed by atoms with E-state index in [1.807, 2.05) is 20.8 Å². The van der Waals surface area contributed by atoms with E-state index in [9.17, 15) is 14.4 Å². The highest BCUT2D eigenvalue weighted by molar-refractivity contribution is 6.07. The van der Waals surface area contributed by atoms with Crippen molar-refractivity contribution in [1.82, 2.24) is 20.5 Å². The van der Waals surface area contributed by atoms with Crippen molar-refractivity contribution in [1.29, 1.82) is 0 Å². The molecule has 1 aromatic carbocycles. The van der Waals surface area contributed by atoms with Gasteiger partial charge >= 0.3 is 6.03 Å². The maximum Gasteiger partial charge on any atom is 0.322 e. The molecule has 0 radical (unpaired) electrons. The molecule has 9 heteroatoms. The summed E-state index contributed by atoms with van der Waals surface area (Å²) in [5.41, 5.74) is 2.03. The maximum absolute atomic E-state index is 15.0. The smallest absolute Gasteiger partial charge is 0.322 e. The lowest BCUT2D eigenvalue weighted by molar-refractivity contribution is -0.124. The number of aromatic nitrogens is 1. The van der Waals surface area contributed by atoms with Gasteiger partial charge in [0.05, 0.1) is 0 Å². The Balaban J connectivity index is 1.49. The number of aryl methyl sites for hydroxylation is 3. The van der Waals surface area contributed by atoms with Crippen LogP contribution < -0.4 is 15.5 Å². The Hall–Kier alpha value is -3.49. The fourth-order valence-corrected chi connectivity index (χ4v) is 4.57. The standard InChI is InChI=1S/C24H28FN5O3/c1-5-24(22(32)27-23(33)28-24)18-7-6-17(13-19(18)25)21(31)30-10-8-29(9-11-30)20-15(3)12-14(2)16(4)26-20/h6-7,12-13H,5,8-11H2,1-4H3,(H2,27,28,32,33). The van der Waals surface area contributed by atoms with Gasteiger partial charge in [-0.3, -0.25) is 14.9 Å². The van der Waals surface area contributed by atoms with Crippen LogP contribution in [0.2, 0.25) is 0 Å². The molecule has 4 rings (SSSR count). The Labute approximate surface area is 192 Å². The molecule has 2 aliphatic rings. The summed E-state index contributed by atoms with van der Waals surface area (Å²) in [5.74, 6) is -0.634. The van der Waals surface area contributed by atoms with E-state index in [-0.39, 0.29) is 23.5 Å². The third-order valence-corrected chi connectivity index (χ3v) is 6.64. The summed E-state index contributed by atoms with van der Waals surface area (Å²) in [6.07, 6.45) is 0.183. The van der Waals surface area contributed by atoms with Crippen molar-refractivity contribution in [3.05, 3.63) is 58.0 Å². The van der Waals surface area contributed by atoms with Crippen molar-refractivity contribution in [2.45, 2.75) is 39.7 Å². The van der Waals surface area contributed by atoms with E-state index in [0.29, 0.717) is 26.2 Å². The lowest BCUT2D eigenvalue weighted by atomic mass is 9.86. The molecule has 174 valence electrons. The second-order valence-corrected chi connectivity index (χ2v) is 8.67. The van der Waals surface area contributed by atoms with Gasteiger partial charge in [-0.1, -0.05) is 19.1 Å². The molecule has 1 unspecified atom stereocenters. The first-order valence-electron chi connectivity index (χ1n) is 11.1. The molecule has 8 nitrogen and oxygen atoms in total. The summed E-state index contributed by atoms with van der Waals surface area (Å²) in [5, 5.41) is 4.68. The van der Waals surface area contributed by atoms with E-state index in [4.69, 9.17) is 4.98 Å². The summed E-state index contributed by atoms with van der Waals surface area (Å²) in [6.45, 7) is 10.00. The first-order chi connectivity index (χ1) is 15.7. The molecule has 3 heterocycles. The van der Waals surface area contributed by atoms with Crippen LogP contribution in [0.4, 0.5) is 15.0 Å². The average molecular weight is 454 g/mol. The number of benzene rings is 1. The molecule has 2 fully saturated rings. The van der Waals surface area contributed by atoms with Crippen LogP contribution in [-0.4, -0.2) is 53.9 Å². The van der Waals surface area contributed by atoms with Gasteiger partial charge in [0.15, 0.2) is 0 Å². The molecule has 0 spiro atoms. The molecule has 1 atom stereocenters. The number of urea groups is 1. The summed E-state index contributed by atoms with van der Waals surface area (Å²) in [7, 11) is 0. The van der Waals surface area contributed by atoms with Crippen molar-refractivity contribution in [2.75, 3.05) is 31.1 Å². The van der Waals surface area contributed by atoms with Crippen LogP contribution in [0, 0.1) is 26.6 Å². The number of pyridine rings is 1. The molecule has 2 aliphatic heterocycles. The van der Waals surface area contributed by atoms with Crippen molar-refractivity contribution in [3.8, 4) is 0 Å². The number of hydrogen-bond acceptors (Lipinski definition) is 5. The zero-order chi connectivity index (χ0) is 23.9. The van der Waals surface area contributed by atoms with Crippen molar-refractivity contribution in [3.63, 3.8) is 0 Å². The van der Waals surface area contributed by atoms with Crippen LogP contribution in [0.5, 0.6) is 0 Å². The van der Waals surface area contributed by atoms with E-state index in [2.05, 4.69) is 21.6 Å². The van der Waals surface area contributed by atoms with Gasteiger partial charge in [-0.15, -0.1) is 0 Å². The lowest BCUT2D eigenvalue weighted by Crippen LogP contribution is -2.49. The number of anilines is 1. The van der Waals surface area contributed by atoms with Crippen LogP contribution >= 0.6 is 0 Å². The summed E-state index contributed by atoms with van der Waals surface area (Å²) >= 11 is 0. The monoisotopic (exact) mass is 453 g/mol. The number of amides is 4. The Kier molecular flexibility index (Phi) is 5.82. The highest BCUT2D eigenvalue weighted by atomic mass is 19.1. The fourth-order valence-electron chi connectivity index (χ4n) is 4.57. The number of hydrogen-bond donors (Lipinski definition) is 2. The number of piperazine rings is 1. The number of carbonyl (C=O) groups is 3. The highest BCUT2D eigenvalue weighted by Crippen LogP contribution is 2.31. The van der Waals surface area contributed by atoms with Gasteiger partial charge in [0.1, 0.15) is 17.2 Å². The molecule has 2 N–H and O–H groups in total. The first-order valence-corrected chi connectivity index (χ1v) is 11.1. The van der Waals surface area contributed by atoms with Gasteiger partial charge in [-0.05, 0) is 50.5 Å². The van der Waals surface area contributed by atoms with E-state index in [1.165, 1.54) is 12.1 Å². The molecule has 2 saturated heterocycles. The molecule has 1 aromatic heterocycles. The van der Waals surface area contributed by atoms with Gasteiger partial charge in [-0.2, -0.15) is 0 Å². The number of imide groups is 1. The van der Waals surface area contributed by atoms with Crippen molar-refractivity contribution < 1.29 is 18.8 Å². The van der Waals surface area contributed by atoms with Crippen LogP contribution in [0.1, 0.15) is 46.1 Å². The Bertz CT molecular complexity index is 1140. The predicted molar refractivity (Wildman–Crippen MR) is 122 cm³/mol. The number of nitrogens with one attached hydrogen (secondary N) is 2. The quantitative estimate of drug-likeness (QED) is 0.694. The fraction of sp³-hybridized carbons (Fsp3) is 0.417. The average Bonchev–Trinajstić information content (AvgIpc) is 3.09. The van der Waals surface area contributed by atoms with E-state index < -0.39 is 23.3 Å². The molecule has 4 amide bonds. The van der Waals surface area contributed by atoms with Crippen LogP contribution in [0.25, 0.3) is 0 Å². The minimum atomic E-state index is -1.47. The van der Waals surface area contributed by atoms with E-state index >= 15 is 4.39 Å². The molecule has 2 aromatic rings. The van der Waals surface area contributed by atoms with Gasteiger partial charge in [-0.25, -0.2) is 14.2 Å². The second kappa shape index (κ2) is 8.46. The summed E-state index contributed by atoms with van der Waals surface area (Å²) < 4.78 is 15.0. The van der Waals surface area contributed by atoms with Gasteiger partial charge in [0.25, 0.3) is 11.8 Å². The zero-order valence-corrected chi connectivity index (χ0v) is 19.3.